The molecular formula is C30H34Cl3N3O4S. The number of anilines is 1. The molecule has 220 valence electrons. The minimum atomic E-state index is -4.20. The van der Waals surface area contributed by atoms with Crippen LogP contribution in [0, 0.1) is 13.8 Å². The van der Waals surface area contributed by atoms with E-state index in [2.05, 4.69) is 5.32 Å². The molecule has 1 atom stereocenters. The van der Waals surface area contributed by atoms with Crippen LogP contribution in [0.25, 0.3) is 0 Å². The van der Waals surface area contributed by atoms with Gasteiger partial charge < -0.3 is 10.2 Å². The molecule has 1 N–H and O–H groups in total. The van der Waals surface area contributed by atoms with E-state index in [1.165, 1.54) is 29.2 Å². The van der Waals surface area contributed by atoms with Gasteiger partial charge in [0.1, 0.15) is 12.6 Å². The highest BCUT2D eigenvalue weighted by Crippen LogP contribution is 2.28. The van der Waals surface area contributed by atoms with E-state index in [-0.39, 0.29) is 23.4 Å². The lowest BCUT2D eigenvalue weighted by molar-refractivity contribution is -0.140. The third kappa shape index (κ3) is 8.16. The van der Waals surface area contributed by atoms with Crippen molar-refractivity contribution in [3.63, 3.8) is 0 Å². The molecule has 41 heavy (non-hydrogen) atoms. The number of nitrogens with zero attached hydrogens (tertiary/aromatic N) is 2. The molecule has 0 aromatic heterocycles. The molecule has 0 aliphatic heterocycles. The Kier molecular flexibility index (Phi) is 11.1. The van der Waals surface area contributed by atoms with Gasteiger partial charge in [0, 0.05) is 17.6 Å². The molecule has 0 aliphatic carbocycles. The zero-order chi connectivity index (χ0) is 30.5. The van der Waals surface area contributed by atoms with Gasteiger partial charge in [-0.25, -0.2) is 8.42 Å². The molecule has 3 aromatic carbocycles. The highest BCUT2D eigenvalue weighted by Gasteiger charge is 2.34. The first-order valence-corrected chi connectivity index (χ1v) is 15.7. The molecule has 0 aliphatic rings. The number of carbonyl (C=O) groups excluding carboxylic acids is 2. The van der Waals surface area contributed by atoms with Crippen molar-refractivity contribution in [2.75, 3.05) is 10.8 Å². The van der Waals surface area contributed by atoms with E-state index in [1.54, 1.807) is 43.3 Å². The molecule has 7 nitrogen and oxygen atoms in total. The number of rotatable bonds is 11. The van der Waals surface area contributed by atoms with Crippen molar-refractivity contribution in [2.45, 2.75) is 64.6 Å². The smallest absolute Gasteiger partial charge is 0.264 e. The molecule has 0 saturated heterocycles. The van der Waals surface area contributed by atoms with Crippen LogP contribution in [0.4, 0.5) is 5.69 Å². The summed E-state index contributed by atoms with van der Waals surface area (Å²) in [4.78, 5) is 28.7. The van der Waals surface area contributed by atoms with Crippen LogP contribution in [0.3, 0.4) is 0 Å². The van der Waals surface area contributed by atoms with Gasteiger partial charge in [0.2, 0.25) is 11.8 Å². The van der Waals surface area contributed by atoms with E-state index < -0.39 is 28.5 Å². The second-order valence-corrected chi connectivity index (χ2v) is 13.2. The van der Waals surface area contributed by atoms with Gasteiger partial charge in [-0.3, -0.25) is 13.9 Å². The number of sulfonamides is 1. The maximum absolute atomic E-state index is 14.1. The van der Waals surface area contributed by atoms with Crippen LogP contribution in [-0.4, -0.2) is 43.8 Å². The number of hydrogen-bond acceptors (Lipinski definition) is 4. The van der Waals surface area contributed by atoms with Gasteiger partial charge in [0.25, 0.3) is 10.0 Å². The number of benzene rings is 3. The Labute approximate surface area is 257 Å². The van der Waals surface area contributed by atoms with Gasteiger partial charge in [0.05, 0.1) is 20.6 Å². The Morgan fingerprint density at radius 1 is 0.878 bits per heavy atom. The molecule has 11 heteroatoms. The Balaban J connectivity index is 2.10. The van der Waals surface area contributed by atoms with Crippen LogP contribution >= 0.6 is 34.8 Å². The zero-order valence-corrected chi connectivity index (χ0v) is 26.7. The SMILES string of the molecule is CC[C@H](C(=O)NC(C)C)N(Cc1ccc(Cl)c(Cl)c1)C(=O)CN(c1ccc(C)c(C)c1)S(=O)(=O)c1ccc(Cl)cc1. The molecule has 0 fully saturated rings. The van der Waals surface area contributed by atoms with Crippen molar-refractivity contribution >= 4 is 62.3 Å². The number of halogens is 3. The Bertz CT molecular complexity index is 1510. The Hall–Kier alpha value is -2.78. The number of amides is 2. The standard InChI is InChI=1S/C30H34Cl3N3O4S/c1-6-28(30(38)34-19(2)3)35(17-22-8-14-26(32)27(33)16-22)29(37)18-36(24-11-7-20(4)21(5)15-24)41(39,40)25-12-9-23(31)10-13-25/h7-16,19,28H,6,17-18H2,1-5H3,(H,34,38)/t28-/m1/s1. The van der Waals surface area contributed by atoms with E-state index in [0.29, 0.717) is 32.7 Å². The lowest BCUT2D eigenvalue weighted by Gasteiger charge is -2.33. The second kappa shape index (κ2) is 13.9. The summed E-state index contributed by atoms with van der Waals surface area (Å²) in [6.45, 7) is 8.72. The van der Waals surface area contributed by atoms with E-state index in [1.807, 2.05) is 27.7 Å². The summed E-state index contributed by atoms with van der Waals surface area (Å²) < 4.78 is 29.0. The first kappa shape index (κ1) is 32.7. The van der Waals surface area contributed by atoms with E-state index in [0.717, 1.165) is 15.4 Å². The van der Waals surface area contributed by atoms with Crippen LogP contribution in [0.15, 0.2) is 65.6 Å². The lowest BCUT2D eigenvalue weighted by Crippen LogP contribution is -2.53. The normalized spacial score (nSPS) is 12.2. The van der Waals surface area contributed by atoms with Crippen LogP contribution in [-0.2, 0) is 26.2 Å². The Morgan fingerprint density at radius 3 is 2.10 bits per heavy atom. The molecule has 0 radical (unpaired) electrons. The Morgan fingerprint density at radius 2 is 1.54 bits per heavy atom. The molecule has 2 amide bonds. The molecule has 3 aromatic rings. The van der Waals surface area contributed by atoms with E-state index in [4.69, 9.17) is 34.8 Å². The molecule has 0 spiro atoms. The maximum Gasteiger partial charge on any atom is 0.264 e. The average Bonchev–Trinajstić information content (AvgIpc) is 2.90. The van der Waals surface area contributed by atoms with Crippen LogP contribution in [0.5, 0.6) is 0 Å². The number of carbonyl (C=O) groups is 2. The number of aryl methyl sites for hydroxylation is 2. The first-order valence-electron chi connectivity index (χ1n) is 13.1. The summed E-state index contributed by atoms with van der Waals surface area (Å²) in [7, 11) is -4.20. The van der Waals surface area contributed by atoms with Crippen molar-refractivity contribution < 1.29 is 18.0 Å². The van der Waals surface area contributed by atoms with Gasteiger partial charge in [0.15, 0.2) is 0 Å². The summed E-state index contributed by atoms with van der Waals surface area (Å²) in [6, 6.07) is 14.9. The fourth-order valence-corrected chi connectivity index (χ4v) is 6.13. The third-order valence-electron chi connectivity index (χ3n) is 6.61. The monoisotopic (exact) mass is 637 g/mol. The van der Waals surface area contributed by atoms with E-state index >= 15 is 0 Å². The predicted octanol–water partition coefficient (Wildman–Crippen LogP) is 6.79. The van der Waals surface area contributed by atoms with Gasteiger partial charge >= 0.3 is 0 Å². The van der Waals surface area contributed by atoms with Crippen LogP contribution in [0.2, 0.25) is 15.1 Å². The molecule has 0 saturated carbocycles. The van der Waals surface area contributed by atoms with Crippen molar-refractivity contribution in [1.82, 2.24) is 10.2 Å². The zero-order valence-electron chi connectivity index (χ0n) is 23.6. The highest BCUT2D eigenvalue weighted by atomic mass is 35.5. The fraction of sp³-hybridized carbons (Fsp3) is 0.333. The lowest BCUT2D eigenvalue weighted by atomic mass is 10.1. The van der Waals surface area contributed by atoms with Gasteiger partial charge in [-0.1, -0.05) is 53.9 Å². The van der Waals surface area contributed by atoms with Crippen molar-refractivity contribution in [1.29, 1.82) is 0 Å². The summed E-state index contributed by atoms with van der Waals surface area (Å²) in [5, 5.41) is 3.91. The topological polar surface area (TPSA) is 86.8 Å². The minimum absolute atomic E-state index is 0.0154. The van der Waals surface area contributed by atoms with Crippen molar-refractivity contribution in [3.8, 4) is 0 Å². The third-order valence-corrected chi connectivity index (χ3v) is 9.39. The highest BCUT2D eigenvalue weighted by molar-refractivity contribution is 7.92. The molecular weight excluding hydrogens is 605 g/mol. The largest absolute Gasteiger partial charge is 0.352 e. The molecule has 3 rings (SSSR count). The summed E-state index contributed by atoms with van der Waals surface area (Å²) >= 11 is 18.4. The van der Waals surface area contributed by atoms with Crippen molar-refractivity contribution in [3.05, 3.63) is 92.4 Å². The molecule has 0 bridgehead atoms. The number of hydrogen-bond donors (Lipinski definition) is 1. The average molecular weight is 639 g/mol. The van der Waals surface area contributed by atoms with Crippen molar-refractivity contribution in [2.24, 2.45) is 0 Å². The predicted molar refractivity (Wildman–Crippen MR) is 166 cm³/mol. The first-order chi connectivity index (χ1) is 19.2. The number of nitrogens with one attached hydrogen (secondary N) is 1. The summed E-state index contributed by atoms with van der Waals surface area (Å²) in [5.41, 5.74) is 2.80. The van der Waals surface area contributed by atoms with E-state index in [9.17, 15) is 18.0 Å². The molecule has 0 heterocycles. The summed E-state index contributed by atoms with van der Waals surface area (Å²) in [6.07, 6.45) is 0.305. The van der Waals surface area contributed by atoms with Gasteiger partial charge in [-0.05, 0) is 99.3 Å². The summed E-state index contributed by atoms with van der Waals surface area (Å²) in [5.74, 6) is -0.896. The van der Waals surface area contributed by atoms with Crippen LogP contribution < -0.4 is 9.62 Å². The van der Waals surface area contributed by atoms with Crippen LogP contribution in [0.1, 0.15) is 43.9 Å². The quantitative estimate of drug-likeness (QED) is 0.251. The molecule has 0 unspecified atom stereocenters. The maximum atomic E-state index is 14.1. The van der Waals surface area contributed by atoms with Gasteiger partial charge in [-0.2, -0.15) is 0 Å². The fourth-order valence-electron chi connectivity index (χ4n) is 4.28. The van der Waals surface area contributed by atoms with Gasteiger partial charge in [-0.15, -0.1) is 0 Å². The second-order valence-electron chi connectivity index (χ2n) is 10.1. The minimum Gasteiger partial charge on any atom is -0.352 e.